The van der Waals surface area contributed by atoms with E-state index in [1.54, 1.807) is 0 Å². The van der Waals surface area contributed by atoms with E-state index in [1.807, 2.05) is 12.1 Å². The number of rotatable bonds is 10. The fraction of sp³-hybridized carbons (Fsp3) is 0.250. The first kappa shape index (κ1) is 32.2. The molecule has 3 aromatic carbocycles. The van der Waals surface area contributed by atoms with Gasteiger partial charge in [0.1, 0.15) is 5.69 Å². The van der Waals surface area contributed by atoms with Crippen LogP contribution in [0.25, 0.3) is 10.9 Å². The number of anilines is 1. The van der Waals surface area contributed by atoms with Crippen molar-refractivity contribution in [1.29, 1.82) is 0 Å². The number of alkyl halides is 3. The Hall–Kier alpha value is -4.27. The molecule has 0 spiro atoms. The number of nitrogens with one attached hydrogen (secondary N) is 2. The molecular formula is C28H29F3N4O6S. The summed E-state index contributed by atoms with van der Waals surface area (Å²) in [5.41, 5.74) is -5.96. The van der Waals surface area contributed by atoms with Gasteiger partial charge in [0, 0.05) is 25.0 Å². The highest BCUT2D eigenvalue weighted by Gasteiger charge is 2.50. The van der Waals surface area contributed by atoms with Crippen LogP contribution in [0.2, 0.25) is 0 Å². The quantitative estimate of drug-likeness (QED) is 0.0919. The second-order valence-corrected chi connectivity index (χ2v) is 11.2. The van der Waals surface area contributed by atoms with Crippen LogP contribution < -0.4 is 14.8 Å². The molecule has 0 unspecified atom stereocenters. The minimum atomic E-state index is -6.18. The van der Waals surface area contributed by atoms with E-state index >= 15 is 0 Å². The van der Waals surface area contributed by atoms with Crippen molar-refractivity contribution in [2.24, 2.45) is 0 Å². The van der Waals surface area contributed by atoms with Gasteiger partial charge in [-0.25, -0.2) is 4.98 Å². The van der Waals surface area contributed by atoms with Crippen molar-refractivity contribution in [3.8, 4) is 5.88 Å². The normalized spacial score (nSPS) is 11.9. The zero-order valence-electron chi connectivity index (χ0n) is 22.6. The summed E-state index contributed by atoms with van der Waals surface area (Å²) >= 11 is 0. The maximum Gasteiger partial charge on any atom is 0.534 e. The lowest BCUT2D eigenvalue weighted by Gasteiger charge is -2.20. The van der Waals surface area contributed by atoms with E-state index in [2.05, 4.69) is 68.3 Å². The van der Waals surface area contributed by atoms with Gasteiger partial charge in [0.15, 0.2) is 0 Å². The van der Waals surface area contributed by atoms with Gasteiger partial charge in [0.05, 0.1) is 16.0 Å². The topological polar surface area (TPSA) is 144 Å². The average molecular weight is 607 g/mol. The zero-order chi connectivity index (χ0) is 31.0. The largest absolute Gasteiger partial charge is 0.534 e. The molecule has 0 aliphatic rings. The molecule has 0 saturated heterocycles. The van der Waals surface area contributed by atoms with Gasteiger partial charge in [-0.15, -0.1) is 0 Å². The summed E-state index contributed by atoms with van der Waals surface area (Å²) in [6, 6.07) is 26.6. The summed E-state index contributed by atoms with van der Waals surface area (Å²) in [5.74, 6) is -1.34. The number of benzene rings is 3. The molecule has 0 amide bonds. The molecule has 0 saturated carbocycles. The highest BCUT2D eigenvalue weighted by molar-refractivity contribution is 7.88. The molecule has 0 fully saturated rings. The fourth-order valence-electron chi connectivity index (χ4n) is 3.58. The molecule has 14 heteroatoms. The molecule has 0 atom stereocenters. The first-order chi connectivity index (χ1) is 19.7. The summed E-state index contributed by atoms with van der Waals surface area (Å²) in [5, 5.41) is 27.4. The third kappa shape index (κ3) is 9.12. The van der Waals surface area contributed by atoms with Crippen molar-refractivity contribution in [3.05, 3.63) is 106 Å². The molecule has 0 aliphatic heterocycles. The maximum atomic E-state index is 12.6. The van der Waals surface area contributed by atoms with Crippen LogP contribution in [-0.4, -0.2) is 41.1 Å². The van der Waals surface area contributed by atoms with Crippen molar-refractivity contribution in [3.63, 3.8) is 0 Å². The first-order valence-electron chi connectivity index (χ1n) is 12.5. The molecule has 0 bridgehead atoms. The summed E-state index contributed by atoms with van der Waals surface area (Å²) in [6.45, 7) is 4.40. The van der Waals surface area contributed by atoms with Crippen molar-refractivity contribution in [1.82, 2.24) is 10.3 Å². The molecular weight excluding hydrogens is 577 g/mol. The van der Waals surface area contributed by atoms with E-state index in [0.29, 0.717) is 0 Å². The summed E-state index contributed by atoms with van der Waals surface area (Å²) in [4.78, 5) is 13.9. The number of para-hydroxylation sites is 1. The molecule has 0 aliphatic carbocycles. The van der Waals surface area contributed by atoms with Crippen LogP contribution in [0.3, 0.4) is 0 Å². The molecule has 224 valence electrons. The van der Waals surface area contributed by atoms with Crippen LogP contribution in [0.4, 0.5) is 24.5 Å². The molecule has 4 rings (SSSR count). The molecule has 0 radical (unpaired) electrons. The Morgan fingerprint density at radius 2 is 1.40 bits per heavy atom. The Balaban J connectivity index is 0.000000271. The summed E-state index contributed by atoms with van der Waals surface area (Å²) < 4.78 is 64.3. The van der Waals surface area contributed by atoms with Crippen molar-refractivity contribution < 1.29 is 35.8 Å². The number of halogens is 3. The number of hydrogen-bond acceptors (Lipinski definition) is 9. The van der Waals surface area contributed by atoms with E-state index in [-0.39, 0.29) is 23.1 Å². The van der Waals surface area contributed by atoms with Crippen LogP contribution in [0, 0.1) is 10.1 Å². The second kappa shape index (κ2) is 13.6. The van der Waals surface area contributed by atoms with Crippen LogP contribution in [0.5, 0.6) is 5.88 Å². The number of nitro groups is 1. The van der Waals surface area contributed by atoms with Crippen LogP contribution in [-0.2, 0) is 23.2 Å². The molecule has 10 nitrogen and oxygen atoms in total. The van der Waals surface area contributed by atoms with Gasteiger partial charge in [-0.2, -0.15) is 21.6 Å². The fourth-order valence-corrected chi connectivity index (χ4v) is 4.00. The van der Waals surface area contributed by atoms with E-state index in [0.717, 1.165) is 13.1 Å². The lowest BCUT2D eigenvalue weighted by atomic mass is 10.1. The highest BCUT2D eigenvalue weighted by atomic mass is 32.2. The summed E-state index contributed by atoms with van der Waals surface area (Å²) in [6.07, 6.45) is 0. The highest BCUT2D eigenvalue weighted by Crippen LogP contribution is 2.41. The molecule has 3 N–H and O–H groups in total. The SMILES string of the molecule is CC(C)(O)CNc1c([N+](=O)[O-])c(OS(=O)(=O)C(F)(F)F)nc2ccccc12.c1ccc(CNCc2ccccc2)cc1. The third-order valence-electron chi connectivity index (χ3n) is 5.53. The van der Waals surface area contributed by atoms with Gasteiger partial charge in [0.2, 0.25) is 0 Å². The predicted octanol–water partition coefficient (Wildman–Crippen LogP) is 5.53. The van der Waals surface area contributed by atoms with Crippen molar-refractivity contribution >= 4 is 32.4 Å². The van der Waals surface area contributed by atoms with Gasteiger partial charge >= 0.3 is 27.2 Å². The first-order valence-corrected chi connectivity index (χ1v) is 13.9. The lowest BCUT2D eigenvalue weighted by Crippen LogP contribution is -2.30. The minimum Gasteiger partial charge on any atom is -0.389 e. The van der Waals surface area contributed by atoms with Gasteiger partial charge in [0.25, 0.3) is 0 Å². The third-order valence-corrected chi connectivity index (χ3v) is 6.48. The molecule has 1 heterocycles. The van der Waals surface area contributed by atoms with Crippen LogP contribution in [0.1, 0.15) is 25.0 Å². The Labute approximate surface area is 240 Å². The second-order valence-electron chi connectivity index (χ2n) is 9.64. The standard InChI is InChI=1S/C14H14F3N3O6S.C14H15N/c1-13(2,21)7-18-10-8-5-3-4-6-9(8)19-12(11(10)20(22)23)26-27(24,25)14(15,16)17;1-3-7-13(8-4-1)11-15-12-14-9-5-2-6-10-14/h3-6,21H,7H2,1-2H3,(H,18,19);1-10,15H,11-12H2. The minimum absolute atomic E-state index is 0.0475. The lowest BCUT2D eigenvalue weighted by molar-refractivity contribution is -0.384. The number of aromatic nitrogens is 1. The van der Waals surface area contributed by atoms with Gasteiger partial charge in [-0.3, -0.25) is 10.1 Å². The van der Waals surface area contributed by atoms with E-state index in [9.17, 15) is 36.8 Å². The Kier molecular flexibility index (Phi) is 10.4. The monoisotopic (exact) mass is 606 g/mol. The average Bonchev–Trinajstić information content (AvgIpc) is 2.91. The van der Waals surface area contributed by atoms with Gasteiger partial charge in [-0.05, 0) is 31.0 Å². The smallest absolute Gasteiger partial charge is 0.389 e. The number of nitrogens with zero attached hydrogens (tertiary/aromatic N) is 2. The van der Waals surface area contributed by atoms with Crippen molar-refractivity contribution in [2.45, 2.75) is 38.0 Å². The zero-order valence-corrected chi connectivity index (χ0v) is 23.4. The van der Waals surface area contributed by atoms with Crippen LogP contribution in [0.15, 0.2) is 84.9 Å². The Morgan fingerprint density at radius 3 is 1.88 bits per heavy atom. The van der Waals surface area contributed by atoms with E-state index in [1.165, 1.54) is 49.2 Å². The predicted molar refractivity (Wildman–Crippen MR) is 152 cm³/mol. The maximum absolute atomic E-state index is 12.6. The van der Waals surface area contributed by atoms with Gasteiger partial charge < -0.3 is 19.9 Å². The van der Waals surface area contributed by atoms with Crippen molar-refractivity contribution in [2.75, 3.05) is 11.9 Å². The number of hydrogen-bond donors (Lipinski definition) is 3. The summed E-state index contributed by atoms with van der Waals surface area (Å²) in [7, 11) is -6.18. The van der Waals surface area contributed by atoms with E-state index in [4.69, 9.17) is 0 Å². The van der Waals surface area contributed by atoms with E-state index < -0.39 is 37.7 Å². The van der Waals surface area contributed by atoms with Crippen LogP contribution >= 0.6 is 0 Å². The Morgan fingerprint density at radius 1 is 0.905 bits per heavy atom. The van der Waals surface area contributed by atoms with Gasteiger partial charge in [-0.1, -0.05) is 78.9 Å². The molecule has 42 heavy (non-hydrogen) atoms. The Bertz CT molecular complexity index is 1560. The number of aliphatic hydroxyl groups is 1. The molecule has 1 aromatic heterocycles. The number of pyridine rings is 1. The molecule has 4 aromatic rings. The number of fused-ring (bicyclic) bond motifs is 1.